The molecule has 130 valence electrons. The molecule has 1 heterocycles. The van der Waals surface area contributed by atoms with Crippen molar-refractivity contribution in [2.75, 3.05) is 26.2 Å². The second kappa shape index (κ2) is 6.45. The molecular weight excluding hydrogens is 307 g/mol. The van der Waals surface area contributed by atoms with Gasteiger partial charge < -0.3 is 10.0 Å². The van der Waals surface area contributed by atoms with E-state index in [-0.39, 0.29) is 35.7 Å². The molecular formula is C19H25FN2O2. The predicted octanol–water partition coefficient (Wildman–Crippen LogP) is 1.99. The maximum absolute atomic E-state index is 13.9. The molecule has 4 rings (SSSR count). The minimum atomic E-state index is -0.207. The zero-order valence-corrected chi connectivity index (χ0v) is 13.9. The van der Waals surface area contributed by atoms with Crippen LogP contribution in [-0.4, -0.2) is 59.1 Å². The van der Waals surface area contributed by atoms with E-state index in [2.05, 4.69) is 4.90 Å². The van der Waals surface area contributed by atoms with Crippen molar-refractivity contribution >= 4 is 5.91 Å². The minimum absolute atomic E-state index is 0.0494. The number of benzene rings is 1. The Morgan fingerprint density at radius 2 is 1.88 bits per heavy atom. The Kier molecular flexibility index (Phi) is 4.31. The van der Waals surface area contributed by atoms with Crippen LogP contribution in [0.4, 0.5) is 4.39 Å². The first-order valence-corrected chi connectivity index (χ1v) is 9.10. The molecule has 0 spiro atoms. The zero-order valence-electron chi connectivity index (χ0n) is 13.9. The average Bonchev–Trinajstić information content (AvgIpc) is 3.28. The van der Waals surface area contributed by atoms with Crippen molar-refractivity contribution in [3.63, 3.8) is 0 Å². The lowest BCUT2D eigenvalue weighted by Gasteiger charge is -2.39. The van der Waals surface area contributed by atoms with Gasteiger partial charge in [0.1, 0.15) is 5.82 Å². The van der Waals surface area contributed by atoms with E-state index in [0.717, 1.165) is 51.9 Å². The molecule has 0 bridgehead atoms. The number of nitrogens with zero attached hydrogens (tertiary/aromatic N) is 2. The summed E-state index contributed by atoms with van der Waals surface area (Å²) >= 11 is 0. The van der Waals surface area contributed by atoms with E-state index < -0.39 is 0 Å². The van der Waals surface area contributed by atoms with Crippen LogP contribution in [0.3, 0.4) is 0 Å². The van der Waals surface area contributed by atoms with Gasteiger partial charge >= 0.3 is 0 Å². The van der Waals surface area contributed by atoms with Crippen LogP contribution >= 0.6 is 0 Å². The van der Waals surface area contributed by atoms with Crippen molar-refractivity contribution in [3.8, 4) is 0 Å². The molecule has 3 fully saturated rings. The number of piperazine rings is 1. The third kappa shape index (κ3) is 2.95. The molecule has 3 aliphatic rings. The Morgan fingerprint density at radius 1 is 1.12 bits per heavy atom. The molecule has 1 N–H and O–H groups in total. The van der Waals surface area contributed by atoms with E-state index in [1.807, 2.05) is 11.0 Å². The molecule has 1 saturated heterocycles. The normalized spacial score (nSPS) is 33.7. The Hall–Kier alpha value is -1.46. The van der Waals surface area contributed by atoms with Crippen LogP contribution in [0, 0.1) is 11.7 Å². The summed E-state index contributed by atoms with van der Waals surface area (Å²) in [6, 6.07) is 7.07. The highest BCUT2D eigenvalue weighted by atomic mass is 19.1. The summed E-state index contributed by atoms with van der Waals surface area (Å²) in [6.45, 7) is 3.13. The summed E-state index contributed by atoms with van der Waals surface area (Å²) in [6.07, 6.45) is 3.61. The van der Waals surface area contributed by atoms with Gasteiger partial charge in [-0.05, 0) is 43.2 Å². The molecule has 1 aliphatic heterocycles. The van der Waals surface area contributed by atoms with E-state index >= 15 is 0 Å². The van der Waals surface area contributed by atoms with Crippen molar-refractivity contribution in [1.29, 1.82) is 0 Å². The molecule has 1 aromatic carbocycles. The fourth-order valence-electron chi connectivity index (χ4n) is 4.44. The first kappa shape index (κ1) is 16.0. The second-order valence-electron chi connectivity index (χ2n) is 7.40. The van der Waals surface area contributed by atoms with Crippen LogP contribution in [0.25, 0.3) is 0 Å². The molecule has 5 heteroatoms. The number of carbonyl (C=O) groups excluding carboxylic acids is 1. The van der Waals surface area contributed by atoms with Gasteiger partial charge in [-0.1, -0.05) is 18.2 Å². The lowest BCUT2D eigenvalue weighted by Crippen LogP contribution is -2.54. The third-order valence-electron chi connectivity index (χ3n) is 5.95. The Balaban J connectivity index is 1.32. The predicted molar refractivity (Wildman–Crippen MR) is 89.0 cm³/mol. The van der Waals surface area contributed by atoms with Crippen molar-refractivity contribution in [1.82, 2.24) is 9.80 Å². The quantitative estimate of drug-likeness (QED) is 0.921. The van der Waals surface area contributed by atoms with Crippen molar-refractivity contribution in [2.24, 2.45) is 5.92 Å². The standard InChI is InChI=1S/C19H25FN2O2/c20-16-5-2-1-4-13(16)14-12-15(14)19(24)22-10-8-21(9-11-22)17-6-3-7-18(17)23/h1-2,4-5,14-15,17-18,23H,3,6-12H2/t14-,15-,17+,18-/m1/s1. The molecule has 2 aliphatic carbocycles. The molecule has 4 nitrogen and oxygen atoms in total. The number of amides is 1. The first-order valence-electron chi connectivity index (χ1n) is 9.10. The van der Waals surface area contributed by atoms with Gasteiger partial charge in [0.15, 0.2) is 0 Å². The van der Waals surface area contributed by atoms with E-state index in [1.165, 1.54) is 6.07 Å². The van der Waals surface area contributed by atoms with E-state index in [4.69, 9.17) is 0 Å². The van der Waals surface area contributed by atoms with Gasteiger partial charge in [-0.15, -0.1) is 0 Å². The lowest BCUT2D eigenvalue weighted by molar-refractivity contribution is -0.135. The number of carbonyl (C=O) groups is 1. The number of halogens is 1. The van der Waals surface area contributed by atoms with Gasteiger partial charge in [-0.25, -0.2) is 4.39 Å². The van der Waals surface area contributed by atoms with E-state index in [9.17, 15) is 14.3 Å². The maximum Gasteiger partial charge on any atom is 0.226 e. The molecule has 24 heavy (non-hydrogen) atoms. The number of aliphatic hydroxyl groups is 1. The van der Waals surface area contributed by atoms with E-state index in [0.29, 0.717) is 5.56 Å². The van der Waals surface area contributed by atoms with Crippen LogP contribution in [0.5, 0.6) is 0 Å². The summed E-state index contributed by atoms with van der Waals surface area (Å²) in [4.78, 5) is 17.0. The van der Waals surface area contributed by atoms with Crippen molar-refractivity contribution < 1.29 is 14.3 Å². The zero-order chi connectivity index (χ0) is 16.7. The highest BCUT2D eigenvalue weighted by molar-refractivity contribution is 5.83. The van der Waals surface area contributed by atoms with Gasteiger partial charge in [0.25, 0.3) is 0 Å². The first-order chi connectivity index (χ1) is 11.6. The highest BCUT2D eigenvalue weighted by Gasteiger charge is 2.47. The number of rotatable bonds is 3. The molecule has 4 atom stereocenters. The summed E-state index contributed by atoms with van der Waals surface area (Å²) in [5.41, 5.74) is 0.684. The summed E-state index contributed by atoms with van der Waals surface area (Å²) in [5, 5.41) is 10.0. The van der Waals surface area contributed by atoms with Crippen LogP contribution < -0.4 is 0 Å². The van der Waals surface area contributed by atoms with Gasteiger partial charge in [0.05, 0.1) is 6.10 Å². The fourth-order valence-corrected chi connectivity index (χ4v) is 4.44. The van der Waals surface area contributed by atoms with Gasteiger partial charge in [0, 0.05) is 38.1 Å². The Bertz CT molecular complexity index is 615. The topological polar surface area (TPSA) is 43.8 Å². The van der Waals surface area contributed by atoms with Crippen LogP contribution in [0.1, 0.15) is 37.2 Å². The minimum Gasteiger partial charge on any atom is -0.391 e. The van der Waals surface area contributed by atoms with Gasteiger partial charge in [-0.3, -0.25) is 9.69 Å². The van der Waals surface area contributed by atoms with E-state index in [1.54, 1.807) is 12.1 Å². The maximum atomic E-state index is 13.9. The SMILES string of the molecule is O=C([C@@H]1C[C@@H]1c1ccccc1F)N1CCN([C@H]2CCC[C@H]2O)CC1. The monoisotopic (exact) mass is 332 g/mol. The second-order valence-corrected chi connectivity index (χ2v) is 7.40. The molecule has 0 radical (unpaired) electrons. The fraction of sp³-hybridized carbons (Fsp3) is 0.632. The number of hydrogen-bond donors (Lipinski definition) is 1. The molecule has 0 unspecified atom stereocenters. The van der Waals surface area contributed by atoms with Crippen molar-refractivity contribution in [2.45, 2.75) is 43.7 Å². The smallest absolute Gasteiger partial charge is 0.226 e. The van der Waals surface area contributed by atoms with Crippen LogP contribution in [0.2, 0.25) is 0 Å². The largest absolute Gasteiger partial charge is 0.391 e. The Morgan fingerprint density at radius 3 is 2.54 bits per heavy atom. The van der Waals surface area contributed by atoms with Crippen LogP contribution in [-0.2, 0) is 4.79 Å². The van der Waals surface area contributed by atoms with Gasteiger partial charge in [-0.2, -0.15) is 0 Å². The molecule has 1 aromatic rings. The highest BCUT2D eigenvalue weighted by Crippen LogP contribution is 2.49. The summed E-state index contributed by atoms with van der Waals surface area (Å²) < 4.78 is 13.9. The number of aliphatic hydroxyl groups excluding tert-OH is 1. The molecule has 1 amide bonds. The summed E-state index contributed by atoms with van der Waals surface area (Å²) in [5.74, 6) is -0.0216. The Labute approximate surface area is 142 Å². The van der Waals surface area contributed by atoms with Crippen molar-refractivity contribution in [3.05, 3.63) is 35.6 Å². The lowest BCUT2D eigenvalue weighted by atomic mass is 10.1. The third-order valence-corrected chi connectivity index (χ3v) is 5.95. The number of hydrogen-bond acceptors (Lipinski definition) is 3. The average molecular weight is 332 g/mol. The summed E-state index contributed by atoms with van der Waals surface area (Å²) in [7, 11) is 0. The van der Waals surface area contributed by atoms with Gasteiger partial charge in [0.2, 0.25) is 5.91 Å². The molecule has 2 saturated carbocycles. The molecule has 0 aromatic heterocycles. The van der Waals surface area contributed by atoms with Crippen LogP contribution in [0.15, 0.2) is 24.3 Å².